The number of nitrogens with one attached hydrogen (secondary N) is 1. The molecule has 2 aromatic carbocycles. The van der Waals surface area contributed by atoms with Crippen molar-refractivity contribution in [3.8, 4) is 0 Å². The Bertz CT molecular complexity index is 1940. The number of amides is 3. The third-order valence-electron chi connectivity index (χ3n) is 9.24. The van der Waals surface area contributed by atoms with Gasteiger partial charge in [0.15, 0.2) is 0 Å². The lowest BCUT2D eigenvalue weighted by Crippen LogP contribution is -2.66. The summed E-state index contributed by atoms with van der Waals surface area (Å²) in [5.74, 6) is -3.57. The van der Waals surface area contributed by atoms with Crippen LogP contribution in [-0.2, 0) is 40.5 Å². The SMILES string of the molecule is C[C@@H](NS(C)(=O)=O)[C@H]1C(=O)N2C(C(=O)OC(c3ccccc3)[N+](=O)[O-])=C(S[C@H]3C[C@@H](C(=O)N(C)C)N(C(=O)OCc4ccc([N+](=O)[O-])cc4)C3)[C@H](C)[C@H]12. The molecule has 0 saturated carbocycles. The molecule has 3 aliphatic rings. The van der Waals surface area contributed by atoms with Crippen LogP contribution in [0.1, 0.15) is 37.6 Å². The highest BCUT2D eigenvalue weighted by Crippen LogP contribution is 2.53. The quantitative estimate of drug-likeness (QED) is 0.102. The Hall–Kier alpha value is -5.08. The molecule has 2 fully saturated rings. The molecule has 18 nitrogen and oxygen atoms in total. The minimum atomic E-state index is -3.71. The van der Waals surface area contributed by atoms with Crippen LogP contribution in [0.4, 0.5) is 10.5 Å². The molecule has 20 heteroatoms. The number of likely N-dealkylation sites (tertiary alicyclic amines) is 1. The first kappa shape index (κ1) is 39.1. The molecule has 0 spiro atoms. The largest absolute Gasteiger partial charge is 0.445 e. The smallest absolute Gasteiger partial charge is 0.410 e. The molecular formula is C33H38N6O12S2. The number of hydrogen-bond donors (Lipinski definition) is 1. The molecular weight excluding hydrogens is 737 g/mol. The van der Waals surface area contributed by atoms with E-state index < -0.39 is 85.2 Å². The van der Waals surface area contributed by atoms with Gasteiger partial charge in [-0.25, -0.2) is 22.7 Å². The van der Waals surface area contributed by atoms with Gasteiger partial charge in [-0.3, -0.25) is 34.7 Å². The van der Waals surface area contributed by atoms with Crippen molar-refractivity contribution in [2.45, 2.75) is 56.5 Å². The predicted molar refractivity (Wildman–Crippen MR) is 188 cm³/mol. The van der Waals surface area contributed by atoms with Crippen molar-refractivity contribution in [1.29, 1.82) is 0 Å². The third kappa shape index (κ3) is 8.28. The molecule has 284 valence electrons. The molecule has 0 radical (unpaired) electrons. The Morgan fingerprint density at radius 2 is 1.72 bits per heavy atom. The molecule has 3 heterocycles. The second kappa shape index (κ2) is 15.5. The number of hydrogen-bond acceptors (Lipinski definition) is 13. The number of nitro groups is 2. The maximum Gasteiger partial charge on any atom is 0.410 e. The van der Waals surface area contributed by atoms with Crippen molar-refractivity contribution >= 4 is 51.3 Å². The Morgan fingerprint density at radius 1 is 1.08 bits per heavy atom. The van der Waals surface area contributed by atoms with E-state index in [2.05, 4.69) is 4.72 Å². The molecule has 0 aromatic heterocycles. The van der Waals surface area contributed by atoms with Crippen LogP contribution in [-0.4, -0.2) is 107 Å². The molecule has 7 atom stereocenters. The summed E-state index contributed by atoms with van der Waals surface area (Å²) < 4.78 is 37.5. The Kier molecular flexibility index (Phi) is 11.4. The highest BCUT2D eigenvalue weighted by molar-refractivity contribution is 8.03. The van der Waals surface area contributed by atoms with Crippen molar-refractivity contribution in [3.63, 3.8) is 0 Å². The van der Waals surface area contributed by atoms with Crippen LogP contribution in [0.5, 0.6) is 0 Å². The highest BCUT2D eigenvalue weighted by atomic mass is 32.2. The minimum absolute atomic E-state index is 0.0256. The van der Waals surface area contributed by atoms with Crippen LogP contribution >= 0.6 is 11.8 Å². The van der Waals surface area contributed by atoms with Crippen LogP contribution in [0.15, 0.2) is 65.2 Å². The summed E-state index contributed by atoms with van der Waals surface area (Å²) in [6.07, 6.45) is -1.65. The van der Waals surface area contributed by atoms with Crippen LogP contribution in [0, 0.1) is 32.1 Å². The number of benzene rings is 2. The topological polar surface area (TPSA) is 229 Å². The Morgan fingerprint density at radius 3 is 2.28 bits per heavy atom. The molecule has 0 aliphatic carbocycles. The lowest BCUT2D eigenvalue weighted by Gasteiger charge is -2.47. The first-order valence-electron chi connectivity index (χ1n) is 16.4. The minimum Gasteiger partial charge on any atom is -0.445 e. The van der Waals surface area contributed by atoms with E-state index in [1.54, 1.807) is 25.1 Å². The number of thioether (sulfide) groups is 1. The Labute approximate surface area is 308 Å². The first-order chi connectivity index (χ1) is 24.9. The summed E-state index contributed by atoms with van der Waals surface area (Å²) in [6.45, 7) is 3.01. The summed E-state index contributed by atoms with van der Waals surface area (Å²) in [5, 5.41) is 22.5. The number of sulfonamides is 1. The molecule has 3 amide bonds. The number of β-lactam (4-membered cyclic amide) rings is 1. The van der Waals surface area contributed by atoms with Crippen LogP contribution in [0.3, 0.4) is 0 Å². The van der Waals surface area contributed by atoms with E-state index in [4.69, 9.17) is 9.47 Å². The average molecular weight is 775 g/mol. The van der Waals surface area contributed by atoms with Crippen molar-refractivity contribution < 1.29 is 46.9 Å². The number of ether oxygens (including phenoxy) is 2. The number of fused-ring (bicyclic) bond motifs is 1. The van der Waals surface area contributed by atoms with Crippen LogP contribution in [0.2, 0.25) is 0 Å². The number of rotatable bonds is 13. The van der Waals surface area contributed by atoms with Gasteiger partial charge in [-0.05, 0) is 43.2 Å². The summed E-state index contributed by atoms with van der Waals surface area (Å²) in [5.41, 5.74) is 0.204. The number of esters is 1. The zero-order chi connectivity index (χ0) is 38.9. The van der Waals surface area contributed by atoms with Gasteiger partial charge >= 0.3 is 18.3 Å². The van der Waals surface area contributed by atoms with Crippen molar-refractivity contribution in [1.82, 2.24) is 19.4 Å². The monoisotopic (exact) mass is 774 g/mol. The molecule has 1 N–H and O–H groups in total. The number of likely N-dealkylation sites (N-methyl/N-ethyl adjacent to an activating group) is 1. The lowest BCUT2D eigenvalue weighted by molar-refractivity contribution is -0.575. The number of carbonyl (C=O) groups is 4. The molecule has 53 heavy (non-hydrogen) atoms. The number of non-ortho nitro benzene ring substituents is 1. The molecule has 2 saturated heterocycles. The van der Waals surface area contributed by atoms with E-state index in [0.717, 1.165) is 18.0 Å². The number of nitrogens with zero attached hydrogens (tertiary/aromatic N) is 5. The van der Waals surface area contributed by atoms with Crippen molar-refractivity contribution in [2.24, 2.45) is 11.8 Å². The summed E-state index contributed by atoms with van der Waals surface area (Å²) in [7, 11) is -0.659. The number of nitro benzene ring substituents is 1. The van der Waals surface area contributed by atoms with Crippen molar-refractivity contribution in [2.75, 3.05) is 26.9 Å². The molecule has 2 aromatic rings. The third-order valence-corrected chi connectivity index (χ3v) is 11.5. The van der Waals surface area contributed by atoms with Crippen LogP contribution < -0.4 is 4.72 Å². The van der Waals surface area contributed by atoms with E-state index in [1.165, 1.54) is 72.1 Å². The zero-order valence-electron chi connectivity index (χ0n) is 29.3. The standard InChI is InChI=1S/C33H38N6O12S2/c1-18-26-25(19(2)34-53(5,48)49)30(41)37(26)27(32(42)51-31(39(46)47)21-9-7-6-8-10-21)28(18)52-23-15-24(29(40)35(3)4)36(16-23)33(43)50-17-20-11-13-22(14-12-20)38(44)45/h6-14,18-19,23-26,31,34H,15-17H2,1-5H3/t18-,19-,23+,24+,25-,26-,31?/m1/s1. The molecule has 0 bridgehead atoms. The van der Waals surface area contributed by atoms with Crippen molar-refractivity contribution in [3.05, 3.63) is 96.6 Å². The van der Waals surface area contributed by atoms with Gasteiger partial charge in [0.2, 0.25) is 21.8 Å². The van der Waals surface area contributed by atoms with Gasteiger partial charge in [0, 0.05) is 54.9 Å². The van der Waals surface area contributed by atoms with Gasteiger partial charge in [-0.2, -0.15) is 0 Å². The lowest BCUT2D eigenvalue weighted by atomic mass is 9.78. The molecule has 1 unspecified atom stereocenters. The highest BCUT2D eigenvalue weighted by Gasteiger charge is 2.61. The fourth-order valence-corrected chi connectivity index (χ4v) is 9.19. The second-order valence-electron chi connectivity index (χ2n) is 13.2. The first-order valence-corrected chi connectivity index (χ1v) is 19.1. The van der Waals surface area contributed by atoms with Gasteiger partial charge in [0.1, 0.15) is 18.3 Å². The second-order valence-corrected chi connectivity index (χ2v) is 16.3. The van der Waals surface area contributed by atoms with E-state index in [1.807, 2.05) is 0 Å². The van der Waals surface area contributed by atoms with Gasteiger partial charge in [0.25, 0.3) is 5.69 Å². The fraction of sp³-hybridized carbons (Fsp3) is 0.455. The van der Waals surface area contributed by atoms with E-state index in [-0.39, 0.29) is 36.5 Å². The summed E-state index contributed by atoms with van der Waals surface area (Å²) in [4.78, 5) is 80.1. The molecule has 5 rings (SSSR count). The maximum atomic E-state index is 13.9. The van der Waals surface area contributed by atoms with E-state index in [0.29, 0.717) is 10.5 Å². The van der Waals surface area contributed by atoms with E-state index in [9.17, 15) is 47.8 Å². The molecule has 3 aliphatic heterocycles. The predicted octanol–water partition coefficient (Wildman–Crippen LogP) is 2.64. The summed E-state index contributed by atoms with van der Waals surface area (Å²) in [6, 6.07) is 10.5. The number of carbonyl (C=O) groups excluding carboxylic acids is 4. The summed E-state index contributed by atoms with van der Waals surface area (Å²) >= 11 is 1.13. The fourth-order valence-electron chi connectivity index (χ4n) is 6.84. The van der Waals surface area contributed by atoms with Gasteiger partial charge in [-0.1, -0.05) is 25.1 Å². The van der Waals surface area contributed by atoms with Gasteiger partial charge < -0.3 is 19.3 Å². The normalized spacial score (nSPS) is 23.5. The van der Waals surface area contributed by atoms with Crippen LogP contribution in [0.25, 0.3) is 0 Å². The maximum absolute atomic E-state index is 13.9. The van der Waals surface area contributed by atoms with E-state index >= 15 is 0 Å². The average Bonchev–Trinajstić information content (AvgIpc) is 3.62. The zero-order valence-corrected chi connectivity index (χ0v) is 30.9. The van der Waals surface area contributed by atoms with Gasteiger partial charge in [0.05, 0.1) is 33.6 Å². The Balaban J connectivity index is 1.43. The van der Waals surface area contributed by atoms with Gasteiger partial charge in [-0.15, -0.1) is 11.8 Å².